The highest BCUT2D eigenvalue weighted by molar-refractivity contribution is 5.96. The SMILES string of the molecule is CCOC(C)C(=O)N(C)c1nc2ccccc2n1C. The Labute approximate surface area is 112 Å². The van der Waals surface area contributed by atoms with Gasteiger partial charge in [-0.25, -0.2) is 4.98 Å². The molecule has 1 atom stereocenters. The molecule has 1 heterocycles. The molecule has 1 aromatic carbocycles. The summed E-state index contributed by atoms with van der Waals surface area (Å²) in [5, 5.41) is 0. The lowest BCUT2D eigenvalue weighted by molar-refractivity contribution is -0.128. The zero-order valence-corrected chi connectivity index (χ0v) is 11.8. The third-order valence-electron chi connectivity index (χ3n) is 3.16. The van der Waals surface area contributed by atoms with Gasteiger partial charge in [0.2, 0.25) is 5.95 Å². The number of aromatic nitrogens is 2. The molecule has 1 aromatic heterocycles. The van der Waals surface area contributed by atoms with Gasteiger partial charge in [0.05, 0.1) is 11.0 Å². The molecule has 0 aliphatic rings. The lowest BCUT2D eigenvalue weighted by atomic mass is 10.3. The second-order valence-electron chi connectivity index (χ2n) is 4.45. The van der Waals surface area contributed by atoms with Crippen LogP contribution in [0.1, 0.15) is 13.8 Å². The minimum absolute atomic E-state index is 0.0970. The Hall–Kier alpha value is -1.88. The Morgan fingerprint density at radius 1 is 1.47 bits per heavy atom. The Morgan fingerprint density at radius 3 is 2.79 bits per heavy atom. The summed E-state index contributed by atoms with van der Waals surface area (Å²) in [6.07, 6.45) is -0.463. The standard InChI is InChI=1S/C14H19N3O2/c1-5-19-10(2)13(18)17(4)14-15-11-8-6-7-9-12(11)16(14)3/h6-10H,5H2,1-4H3. The summed E-state index contributed by atoms with van der Waals surface area (Å²) in [7, 11) is 3.62. The molecule has 0 aliphatic carbocycles. The first-order valence-electron chi connectivity index (χ1n) is 6.37. The largest absolute Gasteiger partial charge is 0.369 e. The van der Waals surface area contributed by atoms with Crippen molar-refractivity contribution in [2.24, 2.45) is 7.05 Å². The number of rotatable bonds is 4. The number of hydrogen-bond donors (Lipinski definition) is 0. The van der Waals surface area contributed by atoms with Crippen LogP contribution in [0.5, 0.6) is 0 Å². The summed E-state index contributed by atoms with van der Waals surface area (Å²) in [5.41, 5.74) is 1.88. The first kappa shape index (κ1) is 13.5. The van der Waals surface area contributed by atoms with Gasteiger partial charge >= 0.3 is 0 Å². The number of likely N-dealkylation sites (N-methyl/N-ethyl adjacent to an activating group) is 1. The second-order valence-corrected chi connectivity index (χ2v) is 4.45. The molecule has 0 saturated carbocycles. The molecular formula is C14H19N3O2. The van der Waals surface area contributed by atoms with Crippen LogP contribution in [-0.2, 0) is 16.6 Å². The van der Waals surface area contributed by atoms with Crippen molar-refractivity contribution in [3.05, 3.63) is 24.3 Å². The molecule has 2 rings (SSSR count). The molecule has 0 fully saturated rings. The van der Waals surface area contributed by atoms with E-state index >= 15 is 0 Å². The quantitative estimate of drug-likeness (QED) is 0.845. The number of aryl methyl sites for hydroxylation is 1. The minimum atomic E-state index is -0.463. The van der Waals surface area contributed by atoms with E-state index in [9.17, 15) is 4.79 Å². The number of carbonyl (C=O) groups excluding carboxylic acids is 1. The van der Waals surface area contributed by atoms with Gasteiger partial charge in [0.25, 0.3) is 5.91 Å². The van der Waals surface area contributed by atoms with Crippen LogP contribution in [0.4, 0.5) is 5.95 Å². The van der Waals surface area contributed by atoms with Gasteiger partial charge in [-0.15, -0.1) is 0 Å². The van der Waals surface area contributed by atoms with Gasteiger partial charge < -0.3 is 9.30 Å². The number of fused-ring (bicyclic) bond motifs is 1. The maximum atomic E-state index is 12.2. The predicted octanol–water partition coefficient (Wildman–Crippen LogP) is 1.96. The summed E-state index contributed by atoms with van der Waals surface area (Å²) < 4.78 is 7.24. The first-order chi connectivity index (χ1) is 9.06. The molecule has 1 unspecified atom stereocenters. The highest BCUT2D eigenvalue weighted by Gasteiger charge is 2.22. The summed E-state index contributed by atoms with van der Waals surface area (Å²) >= 11 is 0. The fourth-order valence-corrected chi connectivity index (χ4v) is 2.13. The van der Waals surface area contributed by atoms with Crippen LogP contribution in [0.2, 0.25) is 0 Å². The third-order valence-corrected chi connectivity index (χ3v) is 3.16. The fraction of sp³-hybridized carbons (Fsp3) is 0.429. The molecule has 19 heavy (non-hydrogen) atoms. The average Bonchev–Trinajstić information content (AvgIpc) is 2.75. The van der Waals surface area contributed by atoms with Crippen LogP contribution in [0.15, 0.2) is 24.3 Å². The number of imidazole rings is 1. The van der Waals surface area contributed by atoms with Crippen molar-refractivity contribution in [1.29, 1.82) is 0 Å². The van der Waals surface area contributed by atoms with Crippen LogP contribution >= 0.6 is 0 Å². The van der Waals surface area contributed by atoms with Gasteiger partial charge in [-0.2, -0.15) is 0 Å². The van der Waals surface area contributed by atoms with Gasteiger partial charge in [-0.3, -0.25) is 9.69 Å². The number of carbonyl (C=O) groups is 1. The number of ether oxygens (including phenoxy) is 1. The van der Waals surface area contributed by atoms with Crippen LogP contribution in [-0.4, -0.2) is 35.2 Å². The second kappa shape index (κ2) is 5.40. The lowest BCUT2D eigenvalue weighted by Gasteiger charge is -2.20. The maximum absolute atomic E-state index is 12.2. The van der Waals surface area contributed by atoms with E-state index in [1.807, 2.05) is 42.8 Å². The van der Waals surface area contributed by atoms with E-state index in [-0.39, 0.29) is 5.91 Å². The molecule has 102 valence electrons. The van der Waals surface area contributed by atoms with Crippen LogP contribution in [0, 0.1) is 0 Å². The Kier molecular flexibility index (Phi) is 3.85. The van der Waals surface area contributed by atoms with E-state index in [1.165, 1.54) is 0 Å². The highest BCUT2D eigenvalue weighted by Crippen LogP contribution is 2.20. The van der Waals surface area contributed by atoms with Crippen molar-refractivity contribution in [2.75, 3.05) is 18.6 Å². The lowest BCUT2D eigenvalue weighted by Crippen LogP contribution is -2.37. The monoisotopic (exact) mass is 261 g/mol. The maximum Gasteiger partial charge on any atom is 0.257 e. The summed E-state index contributed by atoms with van der Waals surface area (Å²) in [6, 6.07) is 7.81. The normalized spacial score (nSPS) is 12.6. The van der Waals surface area contributed by atoms with Crippen molar-refractivity contribution < 1.29 is 9.53 Å². The summed E-state index contributed by atoms with van der Waals surface area (Å²) in [6.45, 7) is 4.15. The zero-order valence-electron chi connectivity index (χ0n) is 11.8. The number of amides is 1. The van der Waals surface area contributed by atoms with Gasteiger partial charge in [0.15, 0.2) is 0 Å². The molecule has 5 nitrogen and oxygen atoms in total. The van der Waals surface area contributed by atoms with E-state index < -0.39 is 6.10 Å². The molecule has 0 radical (unpaired) electrons. The molecule has 2 aromatic rings. The topological polar surface area (TPSA) is 47.4 Å². The van der Waals surface area contributed by atoms with Crippen molar-refractivity contribution >= 4 is 22.9 Å². The molecule has 5 heteroatoms. The third kappa shape index (κ3) is 2.46. The summed E-state index contributed by atoms with van der Waals surface area (Å²) in [5.74, 6) is 0.526. The van der Waals surface area contributed by atoms with Gasteiger partial charge in [-0.1, -0.05) is 12.1 Å². The number of para-hydroxylation sites is 2. The molecule has 0 bridgehead atoms. The van der Waals surface area contributed by atoms with E-state index in [0.717, 1.165) is 11.0 Å². The predicted molar refractivity (Wildman–Crippen MR) is 75.2 cm³/mol. The van der Waals surface area contributed by atoms with Crippen molar-refractivity contribution in [1.82, 2.24) is 9.55 Å². The summed E-state index contributed by atoms with van der Waals surface area (Å²) in [4.78, 5) is 18.2. The minimum Gasteiger partial charge on any atom is -0.369 e. The number of nitrogens with zero attached hydrogens (tertiary/aromatic N) is 3. The van der Waals surface area contributed by atoms with E-state index in [1.54, 1.807) is 18.9 Å². The number of hydrogen-bond acceptors (Lipinski definition) is 3. The van der Waals surface area contributed by atoms with Crippen molar-refractivity contribution in [3.8, 4) is 0 Å². The van der Waals surface area contributed by atoms with E-state index in [0.29, 0.717) is 12.6 Å². The average molecular weight is 261 g/mol. The molecule has 1 amide bonds. The van der Waals surface area contributed by atoms with Crippen LogP contribution in [0.3, 0.4) is 0 Å². The van der Waals surface area contributed by atoms with Crippen LogP contribution < -0.4 is 4.90 Å². The smallest absolute Gasteiger partial charge is 0.257 e. The van der Waals surface area contributed by atoms with Crippen molar-refractivity contribution in [3.63, 3.8) is 0 Å². The first-order valence-corrected chi connectivity index (χ1v) is 6.37. The zero-order chi connectivity index (χ0) is 14.0. The molecular weight excluding hydrogens is 242 g/mol. The Bertz CT molecular complexity index is 591. The molecule has 0 N–H and O–H groups in total. The molecule has 0 aliphatic heterocycles. The Balaban J connectivity index is 2.33. The van der Waals surface area contributed by atoms with Gasteiger partial charge in [0.1, 0.15) is 6.10 Å². The number of benzene rings is 1. The molecule has 0 spiro atoms. The number of anilines is 1. The van der Waals surface area contributed by atoms with Gasteiger partial charge in [0, 0.05) is 20.7 Å². The Morgan fingerprint density at radius 2 is 2.16 bits per heavy atom. The fourth-order valence-electron chi connectivity index (χ4n) is 2.13. The van der Waals surface area contributed by atoms with E-state index in [4.69, 9.17) is 4.74 Å². The highest BCUT2D eigenvalue weighted by atomic mass is 16.5. The van der Waals surface area contributed by atoms with E-state index in [2.05, 4.69) is 4.98 Å². The van der Waals surface area contributed by atoms with Crippen LogP contribution in [0.25, 0.3) is 11.0 Å². The van der Waals surface area contributed by atoms with Crippen molar-refractivity contribution in [2.45, 2.75) is 20.0 Å². The van der Waals surface area contributed by atoms with Gasteiger partial charge in [-0.05, 0) is 26.0 Å². The molecule has 0 saturated heterocycles.